The van der Waals surface area contributed by atoms with Crippen LogP contribution in [0.25, 0.3) is 0 Å². The monoisotopic (exact) mass is 204 g/mol. The Balaban J connectivity index is 3.28. The van der Waals surface area contributed by atoms with Crippen molar-refractivity contribution in [3.8, 4) is 5.75 Å². The molecule has 0 fully saturated rings. The molecule has 0 spiro atoms. The molecule has 1 nitrogen and oxygen atoms in total. The average molecular weight is 205 g/mol. The number of aryl methyl sites for hydroxylation is 1. The molecule has 54 valence electrons. The van der Waals surface area contributed by atoms with Crippen LogP contribution in [0.4, 0.5) is 4.39 Å². The molecule has 0 saturated carbocycles. The molecule has 1 rings (SSSR count). The van der Waals surface area contributed by atoms with Gasteiger partial charge in [-0.3, -0.25) is 0 Å². The molecule has 0 aliphatic heterocycles. The van der Waals surface area contributed by atoms with Crippen LogP contribution < -0.4 is 0 Å². The van der Waals surface area contributed by atoms with Crippen molar-refractivity contribution in [3.63, 3.8) is 0 Å². The number of aromatic hydroxyl groups is 1. The Bertz CT molecular complexity index is 210. The van der Waals surface area contributed by atoms with E-state index in [2.05, 4.69) is 15.9 Å². The van der Waals surface area contributed by atoms with Gasteiger partial charge < -0.3 is 5.11 Å². The van der Waals surface area contributed by atoms with Crippen LogP contribution in [0.2, 0.25) is 0 Å². The first-order valence-corrected chi connectivity index (χ1v) is 3.55. The Labute approximate surface area is 66.6 Å². The molecule has 3 heteroatoms. The van der Waals surface area contributed by atoms with Crippen molar-refractivity contribution in [1.82, 2.24) is 0 Å². The summed E-state index contributed by atoms with van der Waals surface area (Å²) in [5.41, 5.74) is 0.818. The van der Waals surface area contributed by atoms with E-state index in [0.717, 1.165) is 5.56 Å². The van der Waals surface area contributed by atoms with Crippen LogP contribution >= 0.6 is 15.9 Å². The molecule has 0 aliphatic carbocycles. The van der Waals surface area contributed by atoms with E-state index in [9.17, 15) is 4.39 Å². The maximum absolute atomic E-state index is 12.5. The van der Waals surface area contributed by atoms with E-state index in [1.807, 2.05) is 0 Å². The van der Waals surface area contributed by atoms with Crippen molar-refractivity contribution < 1.29 is 9.50 Å². The van der Waals surface area contributed by atoms with E-state index < -0.39 is 5.82 Å². The lowest BCUT2D eigenvalue weighted by Crippen LogP contribution is -1.79. The van der Waals surface area contributed by atoms with Gasteiger partial charge >= 0.3 is 0 Å². The van der Waals surface area contributed by atoms with Gasteiger partial charge in [0.15, 0.2) is 11.6 Å². The third kappa shape index (κ3) is 1.29. The van der Waals surface area contributed by atoms with E-state index in [0.29, 0.717) is 4.47 Å². The van der Waals surface area contributed by atoms with Crippen LogP contribution in [0.5, 0.6) is 5.75 Å². The van der Waals surface area contributed by atoms with Crippen molar-refractivity contribution in [3.05, 3.63) is 28.0 Å². The summed E-state index contributed by atoms with van der Waals surface area (Å²) < 4.78 is 13.1. The summed E-state index contributed by atoms with van der Waals surface area (Å²) in [5, 5.41) is 8.83. The van der Waals surface area contributed by atoms with Gasteiger partial charge in [-0.1, -0.05) is 15.9 Å². The molecular weight excluding hydrogens is 199 g/mol. The number of halogens is 2. The normalized spacial score (nSPS) is 9.90. The molecule has 0 radical (unpaired) electrons. The van der Waals surface area contributed by atoms with Gasteiger partial charge in [0.25, 0.3) is 0 Å². The van der Waals surface area contributed by atoms with Gasteiger partial charge in [-0.05, 0) is 24.6 Å². The zero-order valence-corrected chi connectivity index (χ0v) is 6.94. The zero-order valence-electron chi connectivity index (χ0n) is 5.36. The molecule has 0 aromatic heterocycles. The molecule has 0 saturated heterocycles. The summed E-state index contributed by atoms with van der Waals surface area (Å²) in [6.45, 7) is 1.78. The number of phenolic OH excluding ortho intramolecular Hbond substituents is 1. The van der Waals surface area contributed by atoms with Crippen molar-refractivity contribution >= 4 is 15.9 Å². The van der Waals surface area contributed by atoms with Crippen molar-refractivity contribution in [1.29, 1.82) is 0 Å². The van der Waals surface area contributed by atoms with Crippen LogP contribution in [0, 0.1) is 12.7 Å². The van der Waals surface area contributed by atoms with Gasteiger partial charge in [-0.15, -0.1) is 0 Å². The van der Waals surface area contributed by atoms with Crippen LogP contribution in [0.15, 0.2) is 16.6 Å². The largest absolute Gasteiger partial charge is 0.505 e. The van der Waals surface area contributed by atoms with Gasteiger partial charge in [-0.25, -0.2) is 4.39 Å². The quantitative estimate of drug-likeness (QED) is 0.690. The predicted octanol–water partition coefficient (Wildman–Crippen LogP) is 2.60. The minimum absolute atomic E-state index is 0.305. The molecule has 0 atom stereocenters. The summed E-state index contributed by atoms with van der Waals surface area (Å²) in [5.74, 6) is -0.904. The molecule has 1 aromatic rings. The van der Waals surface area contributed by atoms with Gasteiger partial charge in [-0.2, -0.15) is 0 Å². The topological polar surface area (TPSA) is 20.2 Å². The highest BCUT2D eigenvalue weighted by Crippen LogP contribution is 2.23. The maximum Gasteiger partial charge on any atom is 0.165 e. The van der Waals surface area contributed by atoms with Crippen LogP contribution in [-0.2, 0) is 0 Å². The lowest BCUT2D eigenvalue weighted by molar-refractivity contribution is 0.431. The minimum atomic E-state index is -0.600. The molecule has 0 aliphatic rings. The standard InChI is InChI=1S/C7H6BrFO/c1-4-2-7(10)6(9)3-5(4)8/h2-3,10H,1H3. The fraction of sp³-hybridized carbons (Fsp3) is 0.143. The van der Waals surface area contributed by atoms with E-state index in [1.165, 1.54) is 12.1 Å². The number of rotatable bonds is 0. The third-order valence-electron chi connectivity index (χ3n) is 1.23. The Morgan fingerprint density at radius 1 is 1.50 bits per heavy atom. The smallest absolute Gasteiger partial charge is 0.165 e. The van der Waals surface area contributed by atoms with Crippen molar-refractivity contribution in [2.24, 2.45) is 0 Å². The van der Waals surface area contributed by atoms with Gasteiger partial charge in [0.1, 0.15) is 0 Å². The van der Waals surface area contributed by atoms with Gasteiger partial charge in [0.2, 0.25) is 0 Å². The number of benzene rings is 1. The molecular formula is C7H6BrFO. The Morgan fingerprint density at radius 2 is 2.10 bits per heavy atom. The third-order valence-corrected chi connectivity index (χ3v) is 2.08. The van der Waals surface area contributed by atoms with Crippen molar-refractivity contribution in [2.45, 2.75) is 6.92 Å². The zero-order chi connectivity index (χ0) is 7.72. The molecule has 1 N–H and O–H groups in total. The van der Waals surface area contributed by atoms with E-state index >= 15 is 0 Å². The molecule has 0 amide bonds. The second kappa shape index (κ2) is 2.58. The Morgan fingerprint density at radius 3 is 2.60 bits per heavy atom. The first-order chi connectivity index (χ1) is 4.61. The Kier molecular flexibility index (Phi) is 1.94. The molecule has 0 bridgehead atoms. The number of hydrogen-bond donors (Lipinski definition) is 1. The van der Waals surface area contributed by atoms with Gasteiger partial charge in [0, 0.05) is 4.47 Å². The summed E-state index contributed by atoms with van der Waals surface area (Å²) in [6.07, 6.45) is 0. The summed E-state index contributed by atoms with van der Waals surface area (Å²) in [4.78, 5) is 0. The molecule has 0 unspecified atom stereocenters. The molecule has 10 heavy (non-hydrogen) atoms. The SMILES string of the molecule is Cc1cc(O)c(F)cc1Br. The van der Waals surface area contributed by atoms with E-state index in [-0.39, 0.29) is 5.75 Å². The Hall–Kier alpha value is -0.570. The summed E-state index contributed by atoms with van der Waals surface area (Å²) >= 11 is 3.13. The number of hydrogen-bond acceptors (Lipinski definition) is 1. The highest BCUT2D eigenvalue weighted by Gasteiger charge is 2.02. The number of phenols is 1. The first-order valence-electron chi connectivity index (χ1n) is 2.76. The summed E-state index contributed by atoms with van der Waals surface area (Å²) in [6, 6.07) is 2.62. The van der Waals surface area contributed by atoms with Crippen LogP contribution in [-0.4, -0.2) is 5.11 Å². The van der Waals surface area contributed by atoms with Gasteiger partial charge in [0.05, 0.1) is 0 Å². The second-order valence-corrected chi connectivity index (χ2v) is 2.91. The first kappa shape index (κ1) is 7.54. The lowest BCUT2D eigenvalue weighted by Gasteiger charge is -1.98. The molecule has 1 aromatic carbocycles. The lowest BCUT2D eigenvalue weighted by atomic mass is 10.2. The fourth-order valence-corrected chi connectivity index (χ4v) is 0.957. The highest BCUT2D eigenvalue weighted by atomic mass is 79.9. The van der Waals surface area contributed by atoms with Crippen LogP contribution in [0.3, 0.4) is 0 Å². The minimum Gasteiger partial charge on any atom is -0.505 e. The van der Waals surface area contributed by atoms with E-state index in [1.54, 1.807) is 6.92 Å². The average Bonchev–Trinajstić information content (AvgIpc) is 1.84. The maximum atomic E-state index is 12.5. The van der Waals surface area contributed by atoms with Crippen molar-refractivity contribution in [2.75, 3.05) is 0 Å². The fourth-order valence-electron chi connectivity index (χ4n) is 0.642. The van der Waals surface area contributed by atoms with E-state index in [4.69, 9.17) is 5.11 Å². The predicted molar refractivity (Wildman–Crippen MR) is 40.5 cm³/mol. The second-order valence-electron chi connectivity index (χ2n) is 2.05. The highest BCUT2D eigenvalue weighted by molar-refractivity contribution is 9.10. The van der Waals surface area contributed by atoms with Crippen LogP contribution in [0.1, 0.15) is 5.56 Å². The molecule has 0 heterocycles. The summed E-state index contributed by atoms with van der Waals surface area (Å²) in [7, 11) is 0.